The van der Waals surface area contributed by atoms with Gasteiger partial charge in [0.2, 0.25) is 11.8 Å². The van der Waals surface area contributed by atoms with Gasteiger partial charge in [0.15, 0.2) is 0 Å². The molecular formula is C22H29N3O4. The minimum absolute atomic E-state index is 0.0417. The molecule has 0 aliphatic rings. The highest BCUT2D eigenvalue weighted by molar-refractivity contribution is 5.92. The van der Waals surface area contributed by atoms with Crippen LogP contribution in [0.4, 0.5) is 5.69 Å². The van der Waals surface area contributed by atoms with E-state index in [0.717, 1.165) is 17.1 Å². The van der Waals surface area contributed by atoms with Gasteiger partial charge in [0.25, 0.3) is 0 Å². The van der Waals surface area contributed by atoms with Gasteiger partial charge in [0.05, 0.1) is 27.3 Å². The van der Waals surface area contributed by atoms with Crippen molar-refractivity contribution in [1.82, 2.24) is 9.80 Å². The van der Waals surface area contributed by atoms with E-state index in [2.05, 4.69) is 5.32 Å². The maximum Gasteiger partial charge on any atom is 0.238 e. The second-order valence-corrected chi connectivity index (χ2v) is 6.68. The van der Waals surface area contributed by atoms with Crippen LogP contribution < -0.4 is 14.8 Å². The highest BCUT2D eigenvalue weighted by atomic mass is 16.5. The first kappa shape index (κ1) is 22.2. The monoisotopic (exact) mass is 399 g/mol. The fraction of sp³-hybridized carbons (Fsp3) is 0.364. The van der Waals surface area contributed by atoms with Crippen molar-refractivity contribution < 1.29 is 19.1 Å². The number of carbonyl (C=O) groups excluding carboxylic acids is 2. The first-order valence-electron chi connectivity index (χ1n) is 9.48. The number of carbonyl (C=O) groups is 2. The number of nitrogens with one attached hydrogen (secondary N) is 1. The van der Waals surface area contributed by atoms with E-state index < -0.39 is 0 Å². The van der Waals surface area contributed by atoms with Gasteiger partial charge < -0.3 is 19.7 Å². The Morgan fingerprint density at radius 2 is 1.45 bits per heavy atom. The molecule has 2 aromatic rings. The molecule has 29 heavy (non-hydrogen) atoms. The Hall–Kier alpha value is -3.06. The molecule has 0 spiro atoms. The molecule has 0 saturated carbocycles. The third-order valence-corrected chi connectivity index (χ3v) is 4.55. The normalized spacial score (nSPS) is 10.5. The number of amides is 2. The summed E-state index contributed by atoms with van der Waals surface area (Å²) in [6.45, 7) is 3.35. The molecule has 2 rings (SSSR count). The number of nitrogens with zero attached hydrogens (tertiary/aromatic N) is 2. The quantitative estimate of drug-likeness (QED) is 0.665. The lowest BCUT2D eigenvalue weighted by Gasteiger charge is -2.23. The van der Waals surface area contributed by atoms with E-state index in [1.807, 2.05) is 36.1 Å². The van der Waals surface area contributed by atoms with Gasteiger partial charge >= 0.3 is 0 Å². The van der Waals surface area contributed by atoms with Crippen molar-refractivity contribution in [3.05, 3.63) is 54.1 Å². The molecule has 0 saturated heterocycles. The molecule has 0 radical (unpaired) electrons. The molecule has 0 fully saturated rings. The molecule has 0 unspecified atom stereocenters. The van der Waals surface area contributed by atoms with Crippen LogP contribution in [0.15, 0.2) is 48.5 Å². The summed E-state index contributed by atoms with van der Waals surface area (Å²) in [4.78, 5) is 28.4. The lowest BCUT2D eigenvalue weighted by atomic mass is 10.2. The Morgan fingerprint density at radius 3 is 1.97 bits per heavy atom. The lowest BCUT2D eigenvalue weighted by Crippen LogP contribution is -2.41. The molecule has 0 aliphatic heterocycles. The molecule has 0 heterocycles. The van der Waals surface area contributed by atoms with Crippen LogP contribution in [0, 0.1) is 0 Å². The first-order valence-corrected chi connectivity index (χ1v) is 9.48. The topological polar surface area (TPSA) is 71.1 Å². The molecule has 1 N–H and O–H groups in total. The average molecular weight is 399 g/mol. The average Bonchev–Trinajstić information content (AvgIpc) is 2.74. The Bertz CT molecular complexity index is 791. The van der Waals surface area contributed by atoms with Crippen LogP contribution in [0.3, 0.4) is 0 Å². The number of hydrogen-bond acceptors (Lipinski definition) is 5. The number of anilines is 1. The summed E-state index contributed by atoms with van der Waals surface area (Å²) in [5.41, 5.74) is 1.71. The third-order valence-electron chi connectivity index (χ3n) is 4.55. The summed E-state index contributed by atoms with van der Waals surface area (Å²) in [5, 5.41) is 2.84. The minimum atomic E-state index is -0.164. The van der Waals surface area contributed by atoms with E-state index in [1.54, 1.807) is 50.4 Å². The van der Waals surface area contributed by atoms with Crippen molar-refractivity contribution in [2.45, 2.75) is 13.5 Å². The van der Waals surface area contributed by atoms with Gasteiger partial charge in [-0.1, -0.05) is 19.1 Å². The van der Waals surface area contributed by atoms with Crippen LogP contribution in [0.1, 0.15) is 12.5 Å². The predicted molar refractivity (Wildman–Crippen MR) is 113 cm³/mol. The van der Waals surface area contributed by atoms with Crippen LogP contribution >= 0.6 is 0 Å². The van der Waals surface area contributed by atoms with Gasteiger partial charge in [-0.2, -0.15) is 0 Å². The summed E-state index contributed by atoms with van der Waals surface area (Å²) >= 11 is 0. The van der Waals surface area contributed by atoms with Crippen molar-refractivity contribution in [2.75, 3.05) is 46.2 Å². The van der Waals surface area contributed by atoms with E-state index in [-0.39, 0.29) is 24.9 Å². The highest BCUT2D eigenvalue weighted by Crippen LogP contribution is 2.15. The molecule has 7 heteroatoms. The second-order valence-electron chi connectivity index (χ2n) is 6.68. The van der Waals surface area contributed by atoms with Crippen molar-refractivity contribution in [2.24, 2.45) is 0 Å². The summed E-state index contributed by atoms with van der Waals surface area (Å²) < 4.78 is 10.3. The molecule has 0 aromatic heterocycles. The van der Waals surface area contributed by atoms with E-state index in [1.165, 1.54) is 0 Å². The molecular weight excluding hydrogens is 370 g/mol. The maximum atomic E-state index is 12.6. The number of ether oxygens (including phenoxy) is 2. The third kappa shape index (κ3) is 7.12. The van der Waals surface area contributed by atoms with Gasteiger partial charge in [-0.3, -0.25) is 14.5 Å². The largest absolute Gasteiger partial charge is 0.497 e. The molecule has 2 aromatic carbocycles. The number of benzene rings is 2. The summed E-state index contributed by atoms with van der Waals surface area (Å²) in [5.74, 6) is 1.30. The summed E-state index contributed by atoms with van der Waals surface area (Å²) in [6.07, 6.45) is 0. The highest BCUT2D eigenvalue weighted by Gasteiger charge is 2.16. The van der Waals surface area contributed by atoms with Gasteiger partial charge in [-0.05, 0) is 48.5 Å². The Labute approximate surface area is 172 Å². The van der Waals surface area contributed by atoms with E-state index >= 15 is 0 Å². The number of likely N-dealkylation sites (N-methyl/N-ethyl adjacent to an activating group) is 2. The number of hydrogen-bond donors (Lipinski definition) is 1. The van der Waals surface area contributed by atoms with E-state index in [9.17, 15) is 9.59 Å². The van der Waals surface area contributed by atoms with Crippen LogP contribution in [0.25, 0.3) is 0 Å². The molecule has 7 nitrogen and oxygen atoms in total. The zero-order valence-corrected chi connectivity index (χ0v) is 17.5. The Balaban J connectivity index is 1.84. The van der Waals surface area contributed by atoms with Gasteiger partial charge in [-0.15, -0.1) is 0 Å². The SMILES string of the molecule is CCN(CC(=O)Nc1ccc(OC)cc1)CC(=O)N(C)Cc1ccc(OC)cc1. The molecule has 2 amide bonds. The fourth-order valence-electron chi connectivity index (χ4n) is 2.76. The van der Waals surface area contributed by atoms with Gasteiger partial charge in [-0.25, -0.2) is 0 Å². The van der Waals surface area contributed by atoms with E-state index in [4.69, 9.17) is 9.47 Å². The Kier molecular flexibility index (Phi) is 8.48. The van der Waals surface area contributed by atoms with Crippen molar-refractivity contribution in [1.29, 1.82) is 0 Å². The molecule has 0 atom stereocenters. The maximum absolute atomic E-state index is 12.6. The predicted octanol–water partition coefficient (Wildman–Crippen LogP) is 2.62. The van der Waals surface area contributed by atoms with Crippen LogP contribution in [-0.4, -0.2) is 62.5 Å². The van der Waals surface area contributed by atoms with E-state index in [0.29, 0.717) is 18.8 Å². The van der Waals surface area contributed by atoms with Crippen molar-refractivity contribution >= 4 is 17.5 Å². The lowest BCUT2D eigenvalue weighted by molar-refractivity contribution is -0.132. The summed E-state index contributed by atoms with van der Waals surface area (Å²) in [7, 11) is 4.97. The number of rotatable bonds is 10. The molecule has 0 bridgehead atoms. The minimum Gasteiger partial charge on any atom is -0.497 e. The van der Waals surface area contributed by atoms with Gasteiger partial charge in [0, 0.05) is 19.3 Å². The fourth-order valence-corrected chi connectivity index (χ4v) is 2.76. The van der Waals surface area contributed by atoms with Crippen LogP contribution in [-0.2, 0) is 16.1 Å². The first-order chi connectivity index (χ1) is 13.9. The zero-order chi connectivity index (χ0) is 21.2. The number of methoxy groups -OCH3 is 2. The van der Waals surface area contributed by atoms with Gasteiger partial charge in [0.1, 0.15) is 11.5 Å². The second kappa shape index (κ2) is 11.1. The smallest absolute Gasteiger partial charge is 0.238 e. The van der Waals surface area contributed by atoms with Crippen LogP contribution in [0.5, 0.6) is 11.5 Å². The van der Waals surface area contributed by atoms with Crippen molar-refractivity contribution in [3.8, 4) is 11.5 Å². The Morgan fingerprint density at radius 1 is 0.897 bits per heavy atom. The zero-order valence-electron chi connectivity index (χ0n) is 17.5. The molecule has 156 valence electrons. The van der Waals surface area contributed by atoms with Crippen molar-refractivity contribution in [3.63, 3.8) is 0 Å². The van der Waals surface area contributed by atoms with Crippen LogP contribution in [0.2, 0.25) is 0 Å². The standard InChI is InChI=1S/C22H29N3O4/c1-5-25(15-21(26)23-18-8-12-20(29-4)13-9-18)16-22(27)24(2)14-17-6-10-19(28-3)11-7-17/h6-13H,5,14-16H2,1-4H3,(H,23,26). The molecule has 0 aliphatic carbocycles. The summed E-state index contributed by atoms with van der Waals surface area (Å²) in [6, 6.07) is 14.7.